The molecule has 1 fully saturated rings. The third-order valence-corrected chi connectivity index (χ3v) is 5.10. The summed E-state index contributed by atoms with van der Waals surface area (Å²) in [5.74, 6) is 0.584. The minimum Gasteiger partial charge on any atom is -0.352 e. The number of rotatable bonds is 2. The van der Waals surface area contributed by atoms with Crippen LogP contribution in [0.15, 0.2) is 30.3 Å². The van der Waals surface area contributed by atoms with Crippen molar-refractivity contribution in [2.75, 3.05) is 16.8 Å². The maximum absolute atomic E-state index is 11.6. The lowest BCUT2D eigenvalue weighted by Gasteiger charge is -2.23. The third kappa shape index (κ3) is 3.51. The van der Waals surface area contributed by atoms with E-state index in [1.165, 1.54) is 0 Å². The molecular formula is C12H17N2O2S2+. The highest BCUT2D eigenvalue weighted by atomic mass is 32.3. The van der Waals surface area contributed by atoms with E-state index >= 15 is 0 Å². The van der Waals surface area contributed by atoms with Crippen LogP contribution in [0.2, 0.25) is 0 Å². The molecule has 1 saturated heterocycles. The SMILES string of the molecule is C[C@]1(NC(=S)Nc2ccccc2)CC[S+](=O)(O)C1. The van der Waals surface area contributed by atoms with Gasteiger partial charge in [0.05, 0.1) is 5.54 Å². The molecule has 1 aliphatic rings. The molecule has 1 aliphatic heterocycles. The highest BCUT2D eigenvalue weighted by Gasteiger charge is 2.47. The molecule has 0 aromatic heterocycles. The molecule has 0 saturated carbocycles. The third-order valence-electron chi connectivity index (χ3n) is 2.96. The maximum atomic E-state index is 11.6. The molecule has 1 aromatic carbocycles. The summed E-state index contributed by atoms with van der Waals surface area (Å²) in [6, 6.07) is 9.60. The van der Waals surface area contributed by atoms with E-state index in [0.717, 1.165) is 5.69 Å². The van der Waals surface area contributed by atoms with Crippen molar-refractivity contribution >= 4 is 33.2 Å². The van der Waals surface area contributed by atoms with Gasteiger partial charge in [-0.1, -0.05) is 22.4 Å². The Morgan fingerprint density at radius 3 is 2.67 bits per heavy atom. The molecule has 2 rings (SSSR count). The van der Waals surface area contributed by atoms with Gasteiger partial charge in [-0.25, -0.2) is 0 Å². The fraction of sp³-hybridized carbons (Fsp3) is 0.417. The normalized spacial score (nSPS) is 31.0. The molecule has 3 N–H and O–H groups in total. The van der Waals surface area contributed by atoms with E-state index in [1.54, 1.807) is 0 Å². The number of thiocarbonyl (C=S) groups is 1. The molecule has 6 heteroatoms. The van der Waals surface area contributed by atoms with Gasteiger partial charge in [-0.15, -0.1) is 0 Å². The van der Waals surface area contributed by atoms with Crippen molar-refractivity contribution in [3.8, 4) is 0 Å². The highest BCUT2D eigenvalue weighted by molar-refractivity contribution is 7.98. The number of nitrogens with one attached hydrogen (secondary N) is 2. The summed E-state index contributed by atoms with van der Waals surface area (Å²) in [4.78, 5) is 0. The molecule has 0 bridgehead atoms. The molecule has 98 valence electrons. The van der Waals surface area contributed by atoms with Crippen LogP contribution < -0.4 is 10.6 Å². The van der Waals surface area contributed by atoms with Crippen molar-refractivity contribution in [1.29, 1.82) is 0 Å². The van der Waals surface area contributed by atoms with E-state index in [4.69, 9.17) is 12.2 Å². The second-order valence-corrected chi connectivity index (χ2v) is 7.53. The van der Waals surface area contributed by atoms with E-state index in [2.05, 4.69) is 10.6 Å². The standard InChI is InChI=1S/C12H16N2O2S2/c1-12(7-8-18(15,16)9-12)14-11(17)13-10-5-3-2-4-6-10/h2-6H,7-9H2,1H3,(H2-,13,14,15,16,17)/p+1/t12-/m0/s1. The molecule has 1 heterocycles. The van der Waals surface area contributed by atoms with Gasteiger partial charge in [-0.2, -0.15) is 4.55 Å². The lowest BCUT2D eigenvalue weighted by atomic mass is 10.0. The van der Waals surface area contributed by atoms with Crippen LogP contribution in [0, 0.1) is 0 Å². The molecule has 0 radical (unpaired) electrons. The Morgan fingerprint density at radius 1 is 1.44 bits per heavy atom. The van der Waals surface area contributed by atoms with Crippen molar-refractivity contribution in [3.05, 3.63) is 30.3 Å². The van der Waals surface area contributed by atoms with Gasteiger partial charge >= 0.3 is 0 Å². The summed E-state index contributed by atoms with van der Waals surface area (Å²) < 4.78 is 21.2. The molecule has 0 amide bonds. The number of anilines is 1. The summed E-state index contributed by atoms with van der Waals surface area (Å²) in [5, 5.41) is 6.69. The van der Waals surface area contributed by atoms with E-state index in [1.807, 2.05) is 37.3 Å². The zero-order valence-corrected chi connectivity index (χ0v) is 11.8. The number of hydrogen-bond acceptors (Lipinski definition) is 2. The molecular weight excluding hydrogens is 268 g/mol. The van der Waals surface area contributed by atoms with Gasteiger partial charge in [0.15, 0.2) is 10.9 Å². The number of hydrogen-bond donors (Lipinski definition) is 3. The average molecular weight is 285 g/mol. The van der Waals surface area contributed by atoms with E-state index < -0.39 is 15.8 Å². The largest absolute Gasteiger partial charge is 0.352 e. The first-order valence-corrected chi connectivity index (χ1v) is 8.01. The Balaban J connectivity index is 1.94. The van der Waals surface area contributed by atoms with Crippen LogP contribution in [0.1, 0.15) is 13.3 Å². The predicted octanol–water partition coefficient (Wildman–Crippen LogP) is 2.11. The van der Waals surface area contributed by atoms with Gasteiger partial charge in [-0.3, -0.25) is 0 Å². The van der Waals surface area contributed by atoms with E-state index in [-0.39, 0.29) is 5.75 Å². The molecule has 1 unspecified atom stereocenters. The first-order valence-electron chi connectivity index (χ1n) is 5.75. The molecule has 0 spiro atoms. The Kier molecular flexibility index (Phi) is 3.70. The second kappa shape index (κ2) is 4.95. The van der Waals surface area contributed by atoms with Crippen LogP contribution >= 0.6 is 12.2 Å². The van der Waals surface area contributed by atoms with Crippen molar-refractivity contribution < 1.29 is 8.76 Å². The predicted molar refractivity (Wildman–Crippen MR) is 79.2 cm³/mol. The van der Waals surface area contributed by atoms with Crippen molar-refractivity contribution in [1.82, 2.24) is 5.32 Å². The Morgan fingerprint density at radius 2 is 2.11 bits per heavy atom. The van der Waals surface area contributed by atoms with Crippen LogP contribution in [0.25, 0.3) is 0 Å². The minimum absolute atomic E-state index is 0.247. The van der Waals surface area contributed by atoms with Gasteiger partial charge < -0.3 is 10.6 Å². The number of para-hydroxylation sites is 1. The van der Waals surface area contributed by atoms with Crippen molar-refractivity contribution in [2.45, 2.75) is 18.9 Å². The zero-order chi connectivity index (χ0) is 13.2. The zero-order valence-electron chi connectivity index (χ0n) is 10.2. The summed E-state index contributed by atoms with van der Waals surface area (Å²) in [7, 11) is -2.67. The van der Waals surface area contributed by atoms with Crippen LogP contribution in [-0.4, -0.2) is 26.7 Å². The smallest absolute Gasteiger partial charge is 0.216 e. The number of benzene rings is 1. The second-order valence-electron chi connectivity index (χ2n) is 4.88. The minimum atomic E-state index is -2.67. The van der Waals surface area contributed by atoms with Gasteiger partial charge in [0.2, 0.25) is 10.2 Å². The first kappa shape index (κ1) is 13.5. The van der Waals surface area contributed by atoms with Crippen molar-refractivity contribution in [3.63, 3.8) is 0 Å². The van der Waals surface area contributed by atoms with Crippen LogP contribution in [-0.2, 0) is 14.4 Å². The summed E-state index contributed by atoms with van der Waals surface area (Å²) >= 11 is 5.22. The fourth-order valence-corrected chi connectivity index (χ4v) is 4.57. The summed E-state index contributed by atoms with van der Waals surface area (Å²) in [6.45, 7) is 1.93. The highest BCUT2D eigenvalue weighted by Crippen LogP contribution is 2.26. The van der Waals surface area contributed by atoms with Crippen molar-refractivity contribution in [2.24, 2.45) is 0 Å². The monoisotopic (exact) mass is 285 g/mol. The van der Waals surface area contributed by atoms with E-state index in [0.29, 0.717) is 17.3 Å². The maximum Gasteiger partial charge on any atom is 0.216 e. The topological polar surface area (TPSA) is 61.4 Å². The first-order chi connectivity index (χ1) is 8.39. The van der Waals surface area contributed by atoms with Crippen LogP contribution in [0.3, 0.4) is 0 Å². The Bertz CT molecular complexity index is 492. The van der Waals surface area contributed by atoms with Gasteiger partial charge in [0.25, 0.3) is 0 Å². The lowest BCUT2D eigenvalue weighted by Crippen LogP contribution is -2.48. The summed E-state index contributed by atoms with van der Waals surface area (Å²) in [6.07, 6.45) is 0.652. The van der Waals surface area contributed by atoms with Gasteiger partial charge in [0.1, 0.15) is 5.75 Å². The fourth-order valence-electron chi connectivity index (χ4n) is 2.08. The van der Waals surface area contributed by atoms with Gasteiger partial charge in [-0.05, 0) is 31.3 Å². The van der Waals surface area contributed by atoms with Gasteiger partial charge in [0, 0.05) is 12.1 Å². The molecule has 0 aliphatic carbocycles. The Hall–Kier alpha value is -0.980. The Labute approximate surface area is 113 Å². The van der Waals surface area contributed by atoms with E-state index in [9.17, 15) is 8.76 Å². The molecule has 1 aromatic rings. The quantitative estimate of drug-likeness (QED) is 0.574. The molecule has 4 nitrogen and oxygen atoms in total. The van der Waals surface area contributed by atoms with Crippen LogP contribution in [0.5, 0.6) is 0 Å². The lowest BCUT2D eigenvalue weighted by molar-refractivity contribution is 0.466. The van der Waals surface area contributed by atoms with Crippen LogP contribution in [0.4, 0.5) is 5.69 Å². The average Bonchev–Trinajstić information content (AvgIpc) is 2.53. The summed E-state index contributed by atoms with van der Waals surface area (Å²) in [5.41, 5.74) is 0.506. The molecule has 18 heavy (non-hydrogen) atoms. The molecule has 2 atom stereocenters.